The Morgan fingerprint density at radius 1 is 1.43 bits per heavy atom. The first-order valence-corrected chi connectivity index (χ1v) is 9.06. The van der Waals surface area contributed by atoms with E-state index in [1.54, 1.807) is 0 Å². The van der Waals surface area contributed by atoms with Crippen molar-refractivity contribution in [3.05, 3.63) is 10.6 Å². The highest BCUT2D eigenvalue weighted by molar-refractivity contribution is 7.71. The molecule has 1 aliphatic heterocycles. The second-order valence-electron chi connectivity index (χ2n) is 7.26. The van der Waals surface area contributed by atoms with Crippen LogP contribution < -0.4 is 10.6 Å². The number of hydrogen-bond donors (Lipinski definition) is 2. The first kappa shape index (κ1) is 18.1. The number of rotatable bonds is 7. The topological polar surface area (TPSA) is 70.3 Å². The lowest BCUT2D eigenvalue weighted by molar-refractivity contribution is -0.929. The monoisotopic (exact) mass is 340 g/mol. The predicted molar refractivity (Wildman–Crippen MR) is 92.5 cm³/mol. The van der Waals surface area contributed by atoms with Crippen molar-refractivity contribution in [3.8, 4) is 0 Å². The molecule has 0 radical (unpaired) electrons. The Morgan fingerprint density at radius 2 is 2.09 bits per heavy atom. The Balaban J connectivity index is 2.15. The predicted octanol–water partition coefficient (Wildman–Crippen LogP) is 0.760. The zero-order chi connectivity index (χ0) is 17.0. The molecule has 130 valence electrons. The molecule has 1 amide bonds. The van der Waals surface area contributed by atoms with Gasteiger partial charge in [0.05, 0.1) is 13.1 Å². The van der Waals surface area contributed by atoms with Crippen LogP contribution in [0.3, 0.4) is 0 Å². The number of nitrogens with two attached hydrogens (primary N) is 1. The van der Waals surface area contributed by atoms with Gasteiger partial charge in [0.2, 0.25) is 10.7 Å². The van der Waals surface area contributed by atoms with Gasteiger partial charge in [-0.3, -0.25) is 4.79 Å². The number of quaternary nitrogens is 1. The van der Waals surface area contributed by atoms with Crippen LogP contribution in [-0.4, -0.2) is 33.3 Å². The van der Waals surface area contributed by atoms with E-state index in [0.717, 1.165) is 29.7 Å². The lowest BCUT2D eigenvalue weighted by Crippen LogP contribution is -3.12. The van der Waals surface area contributed by atoms with Crippen molar-refractivity contribution in [1.82, 2.24) is 14.3 Å². The van der Waals surface area contributed by atoms with E-state index in [9.17, 15) is 4.79 Å². The lowest BCUT2D eigenvalue weighted by Gasteiger charge is -2.26. The van der Waals surface area contributed by atoms with E-state index in [0.29, 0.717) is 18.8 Å². The molecule has 0 saturated carbocycles. The summed E-state index contributed by atoms with van der Waals surface area (Å²) in [5.74, 6) is 1.90. The van der Waals surface area contributed by atoms with Gasteiger partial charge in [0, 0.05) is 19.4 Å². The Kier molecular flexibility index (Phi) is 6.35. The number of carbonyl (C=O) groups is 1. The van der Waals surface area contributed by atoms with Crippen molar-refractivity contribution < 1.29 is 9.69 Å². The maximum atomic E-state index is 11.1. The van der Waals surface area contributed by atoms with E-state index in [1.165, 1.54) is 30.8 Å². The first-order chi connectivity index (χ1) is 10.9. The summed E-state index contributed by atoms with van der Waals surface area (Å²) in [7, 11) is 0. The summed E-state index contributed by atoms with van der Waals surface area (Å²) in [6.07, 6.45) is 3.41. The molecule has 0 atom stereocenters. The third kappa shape index (κ3) is 5.14. The molecule has 0 spiro atoms. The van der Waals surface area contributed by atoms with Gasteiger partial charge < -0.3 is 15.2 Å². The number of nitrogens with zero attached hydrogens (tertiary/aromatic N) is 3. The van der Waals surface area contributed by atoms with Gasteiger partial charge in [-0.1, -0.05) is 20.8 Å². The van der Waals surface area contributed by atoms with Crippen LogP contribution in [-0.2, 0) is 24.4 Å². The van der Waals surface area contributed by atoms with E-state index < -0.39 is 0 Å². The minimum Gasteiger partial charge on any atom is -0.370 e. The van der Waals surface area contributed by atoms with Gasteiger partial charge in [-0.15, -0.1) is 0 Å². The van der Waals surface area contributed by atoms with Crippen LogP contribution in [0.25, 0.3) is 0 Å². The number of carbonyl (C=O) groups excluding carboxylic acids is 1. The maximum Gasteiger partial charge on any atom is 0.217 e. The van der Waals surface area contributed by atoms with E-state index in [2.05, 4.69) is 25.3 Å². The van der Waals surface area contributed by atoms with E-state index in [1.807, 2.05) is 4.68 Å². The van der Waals surface area contributed by atoms with Crippen molar-refractivity contribution in [3.63, 3.8) is 0 Å². The van der Waals surface area contributed by atoms with Crippen LogP contribution in [0.2, 0.25) is 0 Å². The molecule has 0 unspecified atom stereocenters. The molecule has 3 N–H and O–H groups in total. The van der Waals surface area contributed by atoms with E-state index in [4.69, 9.17) is 23.1 Å². The second-order valence-corrected chi connectivity index (χ2v) is 7.62. The Labute approximate surface area is 143 Å². The third-order valence-electron chi connectivity index (χ3n) is 4.50. The Bertz CT molecular complexity index is 584. The van der Waals surface area contributed by atoms with Crippen molar-refractivity contribution in [2.24, 2.45) is 17.6 Å². The minimum absolute atomic E-state index is 0.294. The summed E-state index contributed by atoms with van der Waals surface area (Å²) in [6.45, 7) is 10.6. The quantitative estimate of drug-likeness (QED) is 0.720. The Morgan fingerprint density at radius 3 is 2.65 bits per heavy atom. The average Bonchev–Trinajstić information content (AvgIpc) is 2.76. The highest BCUT2D eigenvalue weighted by Crippen LogP contribution is 2.09. The molecule has 0 aliphatic carbocycles. The van der Waals surface area contributed by atoms with Crippen LogP contribution in [0.15, 0.2) is 0 Å². The fraction of sp³-hybridized carbons (Fsp3) is 0.812. The maximum absolute atomic E-state index is 11.1. The summed E-state index contributed by atoms with van der Waals surface area (Å²) < 4.78 is 4.79. The third-order valence-corrected chi connectivity index (χ3v) is 4.93. The normalized spacial score (nSPS) is 21.7. The molecular weight excluding hydrogens is 310 g/mol. The van der Waals surface area contributed by atoms with Gasteiger partial charge in [0.15, 0.2) is 6.67 Å². The highest BCUT2D eigenvalue weighted by Gasteiger charge is 2.21. The van der Waals surface area contributed by atoms with Gasteiger partial charge in [0.25, 0.3) is 0 Å². The fourth-order valence-electron chi connectivity index (χ4n) is 3.10. The summed E-state index contributed by atoms with van der Waals surface area (Å²) >= 11 is 5.64. The largest absolute Gasteiger partial charge is 0.370 e. The molecule has 1 fully saturated rings. The number of amides is 1. The fourth-order valence-corrected chi connectivity index (χ4v) is 3.38. The summed E-state index contributed by atoms with van der Waals surface area (Å²) in [5, 5.41) is 4.69. The summed E-state index contributed by atoms with van der Waals surface area (Å²) in [4.78, 5) is 12.6. The van der Waals surface area contributed by atoms with Crippen LogP contribution in [0.5, 0.6) is 0 Å². The number of nitrogens with one attached hydrogen (secondary N) is 1. The van der Waals surface area contributed by atoms with Crippen LogP contribution >= 0.6 is 12.2 Å². The van der Waals surface area contributed by atoms with Crippen molar-refractivity contribution in [2.45, 2.75) is 59.7 Å². The number of aromatic nitrogens is 3. The van der Waals surface area contributed by atoms with Crippen LogP contribution in [0.1, 0.15) is 45.9 Å². The zero-order valence-electron chi connectivity index (χ0n) is 14.5. The molecule has 0 aromatic carbocycles. The molecule has 1 saturated heterocycles. The van der Waals surface area contributed by atoms with Gasteiger partial charge in [-0.25, -0.2) is 0 Å². The van der Waals surface area contributed by atoms with Crippen LogP contribution in [0, 0.1) is 16.6 Å². The van der Waals surface area contributed by atoms with Gasteiger partial charge >= 0.3 is 0 Å². The Hall–Kier alpha value is -1.21. The molecule has 7 heteroatoms. The summed E-state index contributed by atoms with van der Waals surface area (Å²) in [6, 6.07) is 0. The number of aryl methyl sites for hydroxylation is 1. The molecular formula is C16H30N5OS+. The van der Waals surface area contributed by atoms with Crippen LogP contribution in [0.4, 0.5) is 0 Å². The molecule has 1 aliphatic rings. The standard InChI is InChI=1S/C16H29N5OS/c1-12(2)10-20-15(5-4-14(17)22)18-21(16(20)23)11-19-8-6-13(3)7-9-19/h12-13H,4-11H2,1-3H3,(H2,17,22)/p+1. The van der Waals surface area contributed by atoms with Crippen molar-refractivity contribution >= 4 is 18.1 Å². The average molecular weight is 341 g/mol. The number of piperidine rings is 1. The highest BCUT2D eigenvalue weighted by atomic mass is 32.1. The van der Waals surface area contributed by atoms with Crippen molar-refractivity contribution in [1.29, 1.82) is 0 Å². The van der Waals surface area contributed by atoms with Gasteiger partial charge in [-0.05, 0) is 36.9 Å². The SMILES string of the molecule is CC(C)Cn1c(CCC(N)=O)nn(C[NH+]2CCC(C)CC2)c1=S. The molecule has 2 heterocycles. The molecule has 2 rings (SSSR count). The van der Waals surface area contributed by atoms with Gasteiger partial charge in [0.1, 0.15) is 5.82 Å². The second kappa shape index (κ2) is 8.06. The van der Waals surface area contributed by atoms with E-state index >= 15 is 0 Å². The smallest absolute Gasteiger partial charge is 0.217 e. The minimum atomic E-state index is -0.294. The molecule has 6 nitrogen and oxygen atoms in total. The van der Waals surface area contributed by atoms with Crippen molar-refractivity contribution in [2.75, 3.05) is 13.1 Å². The number of likely N-dealkylation sites (tertiary alicyclic amines) is 1. The molecule has 0 bridgehead atoms. The number of hydrogen-bond acceptors (Lipinski definition) is 3. The molecule has 1 aromatic heterocycles. The first-order valence-electron chi connectivity index (χ1n) is 8.65. The summed E-state index contributed by atoms with van der Waals surface area (Å²) in [5.41, 5.74) is 5.29. The molecule has 1 aromatic rings. The zero-order valence-corrected chi connectivity index (χ0v) is 15.4. The lowest BCUT2D eigenvalue weighted by atomic mass is 10.00. The van der Waals surface area contributed by atoms with E-state index in [-0.39, 0.29) is 5.91 Å². The van der Waals surface area contributed by atoms with Gasteiger partial charge in [-0.2, -0.15) is 9.78 Å². The molecule has 23 heavy (non-hydrogen) atoms. The number of primary amides is 1.